The van der Waals surface area contributed by atoms with Gasteiger partial charge in [-0.1, -0.05) is 11.6 Å². The van der Waals surface area contributed by atoms with E-state index in [2.05, 4.69) is 16.9 Å². The number of hydrogen-bond donors (Lipinski definition) is 2. The monoisotopic (exact) mass is 278 g/mol. The molecule has 1 aliphatic rings. The Morgan fingerprint density at radius 2 is 2.16 bits per heavy atom. The van der Waals surface area contributed by atoms with Crippen LogP contribution in [0.1, 0.15) is 35.2 Å². The second kappa shape index (κ2) is 6.33. The SMILES string of the molecule is CNc1ccc(C)cc1C(=O)NC1CCC(SC)C1. The summed E-state index contributed by atoms with van der Waals surface area (Å²) in [6.07, 6.45) is 5.54. The largest absolute Gasteiger partial charge is 0.387 e. The lowest BCUT2D eigenvalue weighted by Gasteiger charge is -2.15. The Morgan fingerprint density at radius 3 is 2.79 bits per heavy atom. The lowest BCUT2D eigenvalue weighted by molar-refractivity contribution is 0.0938. The van der Waals surface area contributed by atoms with Crippen molar-refractivity contribution in [1.82, 2.24) is 5.32 Å². The number of aryl methyl sites for hydroxylation is 1. The fourth-order valence-corrected chi connectivity index (χ4v) is 3.41. The molecule has 2 atom stereocenters. The molecule has 1 saturated carbocycles. The second-order valence-corrected chi connectivity index (χ2v) is 6.28. The molecule has 0 bridgehead atoms. The Bertz CT molecular complexity index is 461. The topological polar surface area (TPSA) is 41.1 Å². The predicted octanol–water partition coefficient (Wildman–Crippen LogP) is 3.05. The van der Waals surface area contributed by atoms with Crippen molar-refractivity contribution in [3.05, 3.63) is 29.3 Å². The van der Waals surface area contributed by atoms with E-state index in [1.54, 1.807) is 0 Å². The summed E-state index contributed by atoms with van der Waals surface area (Å²) in [6.45, 7) is 2.01. The summed E-state index contributed by atoms with van der Waals surface area (Å²) >= 11 is 1.91. The first-order valence-electron chi connectivity index (χ1n) is 6.76. The van der Waals surface area contributed by atoms with Gasteiger partial charge in [-0.2, -0.15) is 11.8 Å². The van der Waals surface area contributed by atoms with Crippen LogP contribution in [-0.2, 0) is 0 Å². The van der Waals surface area contributed by atoms with Crippen LogP contribution in [0.25, 0.3) is 0 Å². The number of thioether (sulfide) groups is 1. The van der Waals surface area contributed by atoms with Gasteiger partial charge in [-0.25, -0.2) is 0 Å². The number of hydrogen-bond acceptors (Lipinski definition) is 3. The Balaban J connectivity index is 2.06. The minimum atomic E-state index is 0.0415. The Kier molecular flexibility index (Phi) is 4.75. The van der Waals surface area contributed by atoms with Crippen molar-refractivity contribution < 1.29 is 4.79 Å². The number of amides is 1. The molecule has 1 amide bonds. The maximum Gasteiger partial charge on any atom is 0.253 e. The molecule has 0 radical (unpaired) electrons. The zero-order valence-electron chi connectivity index (χ0n) is 11.8. The molecule has 0 aliphatic heterocycles. The van der Waals surface area contributed by atoms with Crippen LogP contribution in [0.15, 0.2) is 18.2 Å². The number of anilines is 1. The fourth-order valence-electron chi connectivity index (χ4n) is 2.61. The summed E-state index contributed by atoms with van der Waals surface area (Å²) in [6, 6.07) is 6.25. The zero-order valence-corrected chi connectivity index (χ0v) is 12.6. The van der Waals surface area contributed by atoms with Crippen LogP contribution in [-0.4, -0.2) is 30.5 Å². The van der Waals surface area contributed by atoms with Crippen LogP contribution in [0.4, 0.5) is 5.69 Å². The Morgan fingerprint density at radius 1 is 1.37 bits per heavy atom. The van der Waals surface area contributed by atoms with Crippen LogP contribution in [0.5, 0.6) is 0 Å². The normalized spacial score (nSPS) is 22.3. The lowest BCUT2D eigenvalue weighted by Crippen LogP contribution is -2.33. The van der Waals surface area contributed by atoms with Crippen molar-refractivity contribution >= 4 is 23.4 Å². The van der Waals surface area contributed by atoms with Gasteiger partial charge in [-0.15, -0.1) is 0 Å². The summed E-state index contributed by atoms with van der Waals surface area (Å²) in [7, 11) is 1.85. The minimum absolute atomic E-state index is 0.0415. The van der Waals surface area contributed by atoms with Crippen LogP contribution in [0.3, 0.4) is 0 Å². The first kappa shape index (κ1) is 14.3. The van der Waals surface area contributed by atoms with E-state index in [-0.39, 0.29) is 5.91 Å². The molecule has 4 heteroatoms. The third-order valence-electron chi connectivity index (χ3n) is 3.74. The van der Waals surface area contributed by atoms with E-state index in [1.165, 1.54) is 6.42 Å². The van der Waals surface area contributed by atoms with Crippen molar-refractivity contribution in [2.75, 3.05) is 18.6 Å². The smallest absolute Gasteiger partial charge is 0.253 e. The highest BCUT2D eigenvalue weighted by Crippen LogP contribution is 2.28. The number of carbonyl (C=O) groups excluding carboxylic acids is 1. The average molecular weight is 278 g/mol. The average Bonchev–Trinajstić information content (AvgIpc) is 2.86. The molecule has 104 valence electrons. The lowest BCUT2D eigenvalue weighted by atomic mass is 10.1. The standard InChI is InChI=1S/C15H22N2OS/c1-10-4-7-14(16-2)13(8-10)15(18)17-11-5-6-12(9-11)19-3/h4,7-8,11-12,16H,5-6,9H2,1-3H3,(H,17,18). The fraction of sp³-hybridized carbons (Fsp3) is 0.533. The highest BCUT2D eigenvalue weighted by atomic mass is 32.2. The molecular weight excluding hydrogens is 256 g/mol. The number of carbonyl (C=O) groups is 1. The van der Waals surface area contributed by atoms with Crippen molar-refractivity contribution in [2.45, 2.75) is 37.5 Å². The molecule has 1 aromatic carbocycles. The quantitative estimate of drug-likeness (QED) is 0.889. The van der Waals surface area contributed by atoms with E-state index in [1.807, 2.05) is 43.9 Å². The molecule has 2 unspecified atom stereocenters. The summed E-state index contributed by atoms with van der Waals surface area (Å²) in [5, 5.41) is 6.95. The third kappa shape index (κ3) is 3.44. The molecule has 0 heterocycles. The molecule has 2 N–H and O–H groups in total. The highest BCUT2D eigenvalue weighted by Gasteiger charge is 2.25. The Labute approximate surface area is 119 Å². The van der Waals surface area contributed by atoms with E-state index < -0.39 is 0 Å². The van der Waals surface area contributed by atoms with E-state index in [9.17, 15) is 4.79 Å². The molecule has 1 fully saturated rings. The van der Waals surface area contributed by atoms with Crippen molar-refractivity contribution in [1.29, 1.82) is 0 Å². The van der Waals surface area contributed by atoms with Crippen molar-refractivity contribution in [3.63, 3.8) is 0 Å². The van der Waals surface area contributed by atoms with Crippen molar-refractivity contribution in [3.8, 4) is 0 Å². The van der Waals surface area contributed by atoms with Gasteiger partial charge in [0.2, 0.25) is 0 Å². The van der Waals surface area contributed by atoms with E-state index >= 15 is 0 Å². The summed E-state index contributed by atoms with van der Waals surface area (Å²) in [4.78, 5) is 12.4. The maximum atomic E-state index is 12.4. The first-order valence-corrected chi connectivity index (χ1v) is 8.05. The van der Waals surface area contributed by atoms with Gasteiger partial charge in [0.05, 0.1) is 5.56 Å². The second-order valence-electron chi connectivity index (χ2n) is 5.14. The molecule has 1 aliphatic carbocycles. The van der Waals surface area contributed by atoms with Gasteiger partial charge < -0.3 is 10.6 Å². The van der Waals surface area contributed by atoms with Gasteiger partial charge >= 0.3 is 0 Å². The first-order chi connectivity index (χ1) is 9.13. The molecule has 2 rings (SSSR count). The highest BCUT2D eigenvalue weighted by molar-refractivity contribution is 7.99. The molecule has 0 saturated heterocycles. The third-order valence-corrected chi connectivity index (χ3v) is 4.84. The van der Waals surface area contributed by atoms with Crippen LogP contribution in [0.2, 0.25) is 0 Å². The molecule has 3 nitrogen and oxygen atoms in total. The van der Waals surface area contributed by atoms with Crippen LogP contribution < -0.4 is 10.6 Å². The summed E-state index contributed by atoms with van der Waals surface area (Å²) in [5.41, 5.74) is 2.75. The number of nitrogens with one attached hydrogen (secondary N) is 2. The molecular formula is C15H22N2OS. The molecule has 0 spiro atoms. The van der Waals surface area contributed by atoms with Crippen LogP contribution >= 0.6 is 11.8 Å². The summed E-state index contributed by atoms with van der Waals surface area (Å²) < 4.78 is 0. The van der Waals surface area contributed by atoms with Gasteiger partial charge in [0, 0.05) is 24.0 Å². The van der Waals surface area contributed by atoms with Gasteiger partial charge in [-0.05, 0) is 44.6 Å². The molecule has 19 heavy (non-hydrogen) atoms. The summed E-state index contributed by atoms with van der Waals surface area (Å²) in [5.74, 6) is 0.0415. The number of rotatable bonds is 4. The van der Waals surface area contributed by atoms with Gasteiger partial charge in [-0.3, -0.25) is 4.79 Å². The number of benzene rings is 1. The predicted molar refractivity (Wildman–Crippen MR) is 83.1 cm³/mol. The van der Waals surface area contributed by atoms with Crippen LogP contribution in [0, 0.1) is 6.92 Å². The van der Waals surface area contributed by atoms with E-state index in [0.29, 0.717) is 11.3 Å². The van der Waals surface area contributed by atoms with Gasteiger partial charge in [0.1, 0.15) is 0 Å². The van der Waals surface area contributed by atoms with E-state index in [4.69, 9.17) is 0 Å². The van der Waals surface area contributed by atoms with Crippen molar-refractivity contribution in [2.24, 2.45) is 0 Å². The van der Waals surface area contributed by atoms with Gasteiger partial charge in [0.25, 0.3) is 5.91 Å². The minimum Gasteiger partial charge on any atom is -0.387 e. The molecule has 1 aromatic rings. The van der Waals surface area contributed by atoms with E-state index in [0.717, 1.165) is 29.7 Å². The maximum absolute atomic E-state index is 12.4. The Hall–Kier alpha value is -1.16. The zero-order chi connectivity index (χ0) is 13.8. The van der Waals surface area contributed by atoms with Gasteiger partial charge in [0.15, 0.2) is 0 Å². The molecule has 0 aromatic heterocycles.